The summed E-state index contributed by atoms with van der Waals surface area (Å²) in [6, 6.07) is 5.29. The van der Waals surface area contributed by atoms with Gasteiger partial charge in [0.2, 0.25) is 6.29 Å². The molecule has 0 unspecified atom stereocenters. The SMILES string of the molecule is O=[C]C/C=C/c1ccc(Cl)c(Cl)c1. The van der Waals surface area contributed by atoms with Gasteiger partial charge in [-0.05, 0) is 17.7 Å². The Kier molecular flexibility index (Phi) is 4.00. The van der Waals surface area contributed by atoms with Crippen LogP contribution in [0.4, 0.5) is 0 Å². The van der Waals surface area contributed by atoms with Crippen LogP contribution in [0.2, 0.25) is 10.0 Å². The predicted octanol–water partition coefficient (Wildman–Crippen LogP) is 3.51. The van der Waals surface area contributed by atoms with Crippen LogP contribution >= 0.6 is 23.2 Å². The number of allylic oxidation sites excluding steroid dienone is 1. The lowest BCUT2D eigenvalue weighted by atomic mass is 10.2. The zero-order valence-electron chi connectivity index (χ0n) is 6.76. The summed E-state index contributed by atoms with van der Waals surface area (Å²) in [7, 11) is 0. The lowest BCUT2D eigenvalue weighted by molar-refractivity contribution is 0.556. The summed E-state index contributed by atoms with van der Waals surface area (Å²) in [5.74, 6) is 0. The Hall–Kier alpha value is -0.790. The van der Waals surface area contributed by atoms with Crippen LogP contribution in [0.1, 0.15) is 12.0 Å². The Morgan fingerprint density at radius 3 is 2.69 bits per heavy atom. The van der Waals surface area contributed by atoms with Gasteiger partial charge in [0.15, 0.2) is 0 Å². The molecule has 0 heterocycles. The summed E-state index contributed by atoms with van der Waals surface area (Å²) in [4.78, 5) is 9.89. The molecule has 3 heteroatoms. The van der Waals surface area contributed by atoms with E-state index in [4.69, 9.17) is 23.2 Å². The quantitative estimate of drug-likeness (QED) is 0.752. The van der Waals surface area contributed by atoms with Gasteiger partial charge in [0.25, 0.3) is 0 Å². The lowest BCUT2D eigenvalue weighted by Crippen LogP contribution is -1.74. The highest BCUT2D eigenvalue weighted by Crippen LogP contribution is 2.23. The van der Waals surface area contributed by atoms with E-state index in [0.717, 1.165) is 5.56 Å². The van der Waals surface area contributed by atoms with Crippen molar-refractivity contribution < 1.29 is 4.79 Å². The molecule has 67 valence electrons. The van der Waals surface area contributed by atoms with Gasteiger partial charge in [-0.2, -0.15) is 0 Å². The van der Waals surface area contributed by atoms with Crippen molar-refractivity contribution in [2.24, 2.45) is 0 Å². The molecule has 0 bridgehead atoms. The van der Waals surface area contributed by atoms with Gasteiger partial charge in [-0.3, -0.25) is 4.79 Å². The number of benzene rings is 1. The second-order valence-corrected chi connectivity index (χ2v) is 3.24. The zero-order valence-corrected chi connectivity index (χ0v) is 8.27. The van der Waals surface area contributed by atoms with E-state index >= 15 is 0 Å². The number of carbonyl (C=O) groups excluding carboxylic acids is 1. The Morgan fingerprint density at radius 1 is 1.31 bits per heavy atom. The fourth-order valence-corrected chi connectivity index (χ4v) is 1.17. The first-order valence-electron chi connectivity index (χ1n) is 3.70. The van der Waals surface area contributed by atoms with Crippen molar-refractivity contribution in [1.29, 1.82) is 0 Å². The average molecular weight is 214 g/mol. The van der Waals surface area contributed by atoms with Gasteiger partial charge >= 0.3 is 0 Å². The second-order valence-electron chi connectivity index (χ2n) is 2.42. The Morgan fingerprint density at radius 2 is 2.08 bits per heavy atom. The largest absolute Gasteiger partial charge is 0.291 e. The number of hydrogen-bond acceptors (Lipinski definition) is 1. The molecule has 0 aliphatic heterocycles. The van der Waals surface area contributed by atoms with Crippen LogP contribution in [0.3, 0.4) is 0 Å². The normalized spacial score (nSPS) is 10.6. The number of halogens is 2. The van der Waals surface area contributed by atoms with E-state index in [1.54, 1.807) is 30.6 Å². The predicted molar refractivity (Wildman–Crippen MR) is 55.8 cm³/mol. The summed E-state index contributed by atoms with van der Waals surface area (Å²) in [6.07, 6.45) is 5.57. The summed E-state index contributed by atoms with van der Waals surface area (Å²) in [6.45, 7) is 0. The van der Waals surface area contributed by atoms with Crippen LogP contribution in [-0.2, 0) is 4.79 Å². The van der Waals surface area contributed by atoms with Crippen molar-refractivity contribution in [3.63, 3.8) is 0 Å². The molecule has 0 N–H and O–H groups in total. The van der Waals surface area contributed by atoms with Crippen molar-refractivity contribution in [2.45, 2.75) is 6.42 Å². The molecule has 0 aromatic heterocycles. The molecule has 1 aromatic rings. The Labute approximate surface area is 87.0 Å². The molecule has 0 aliphatic carbocycles. The molecule has 0 amide bonds. The molecule has 1 rings (SSSR count). The van der Waals surface area contributed by atoms with Crippen molar-refractivity contribution in [1.82, 2.24) is 0 Å². The third kappa shape index (κ3) is 3.21. The molecule has 0 atom stereocenters. The summed E-state index contributed by atoms with van der Waals surface area (Å²) < 4.78 is 0. The first kappa shape index (κ1) is 10.3. The van der Waals surface area contributed by atoms with E-state index in [1.807, 2.05) is 6.07 Å². The zero-order chi connectivity index (χ0) is 9.68. The van der Waals surface area contributed by atoms with E-state index < -0.39 is 0 Å². The molecule has 0 saturated carbocycles. The first-order chi connectivity index (χ1) is 6.24. The topological polar surface area (TPSA) is 17.1 Å². The van der Waals surface area contributed by atoms with Crippen molar-refractivity contribution >= 4 is 35.6 Å². The molecule has 0 saturated heterocycles. The summed E-state index contributed by atoms with van der Waals surface area (Å²) in [5, 5.41) is 1.04. The van der Waals surface area contributed by atoms with Gasteiger partial charge in [0.05, 0.1) is 10.0 Å². The molecular weight excluding hydrogens is 207 g/mol. The molecule has 0 aliphatic rings. The highest BCUT2D eigenvalue weighted by Gasteiger charge is 1.95. The third-order valence-electron chi connectivity index (χ3n) is 1.46. The van der Waals surface area contributed by atoms with E-state index in [0.29, 0.717) is 16.5 Å². The second kappa shape index (κ2) is 5.05. The van der Waals surface area contributed by atoms with Crippen LogP contribution < -0.4 is 0 Å². The first-order valence-corrected chi connectivity index (χ1v) is 4.46. The van der Waals surface area contributed by atoms with E-state index in [9.17, 15) is 4.79 Å². The Balaban J connectivity index is 2.79. The fraction of sp³-hybridized carbons (Fsp3) is 0.100. The average Bonchev–Trinajstić information content (AvgIpc) is 2.12. The number of hydrogen-bond donors (Lipinski definition) is 0. The summed E-state index contributed by atoms with van der Waals surface area (Å²) in [5.41, 5.74) is 0.921. The van der Waals surface area contributed by atoms with Gasteiger partial charge in [-0.1, -0.05) is 41.4 Å². The molecule has 13 heavy (non-hydrogen) atoms. The van der Waals surface area contributed by atoms with Crippen LogP contribution in [0.25, 0.3) is 6.08 Å². The standard InChI is InChI=1S/C10H7Cl2O/c11-9-5-4-8(7-10(9)12)3-1-2-6-13/h1,3-5,7H,2H2/b3-1+. The highest BCUT2D eigenvalue weighted by atomic mass is 35.5. The molecule has 1 nitrogen and oxygen atoms in total. The minimum atomic E-state index is 0.292. The monoisotopic (exact) mass is 213 g/mol. The summed E-state index contributed by atoms with van der Waals surface area (Å²) >= 11 is 11.5. The third-order valence-corrected chi connectivity index (χ3v) is 2.19. The van der Waals surface area contributed by atoms with Gasteiger partial charge in [-0.15, -0.1) is 0 Å². The maximum atomic E-state index is 9.89. The van der Waals surface area contributed by atoms with Crippen molar-refractivity contribution in [2.75, 3.05) is 0 Å². The number of rotatable bonds is 3. The van der Waals surface area contributed by atoms with Gasteiger partial charge in [0.1, 0.15) is 0 Å². The molecule has 0 spiro atoms. The van der Waals surface area contributed by atoms with Crippen LogP contribution in [0.15, 0.2) is 24.3 Å². The van der Waals surface area contributed by atoms with E-state index in [2.05, 4.69) is 0 Å². The van der Waals surface area contributed by atoms with Crippen LogP contribution in [-0.4, -0.2) is 6.29 Å². The minimum absolute atomic E-state index is 0.292. The highest BCUT2D eigenvalue weighted by molar-refractivity contribution is 6.42. The van der Waals surface area contributed by atoms with E-state index in [-0.39, 0.29) is 0 Å². The minimum Gasteiger partial charge on any atom is -0.291 e. The molecule has 1 aromatic carbocycles. The maximum absolute atomic E-state index is 9.89. The lowest BCUT2D eigenvalue weighted by Gasteiger charge is -1.96. The van der Waals surface area contributed by atoms with Crippen molar-refractivity contribution in [3.8, 4) is 0 Å². The molecule has 1 radical (unpaired) electrons. The smallest absolute Gasteiger partial charge is 0.202 e. The fourth-order valence-electron chi connectivity index (χ4n) is 0.859. The van der Waals surface area contributed by atoms with Crippen LogP contribution in [0, 0.1) is 0 Å². The molecule has 0 fully saturated rings. The van der Waals surface area contributed by atoms with Gasteiger partial charge in [0, 0.05) is 6.42 Å². The van der Waals surface area contributed by atoms with Crippen molar-refractivity contribution in [3.05, 3.63) is 39.9 Å². The van der Waals surface area contributed by atoms with Gasteiger partial charge in [-0.25, -0.2) is 0 Å². The Bertz CT molecular complexity index is 332. The molecular formula is C10H7Cl2O. The van der Waals surface area contributed by atoms with Gasteiger partial charge < -0.3 is 0 Å². The maximum Gasteiger partial charge on any atom is 0.202 e. The van der Waals surface area contributed by atoms with E-state index in [1.165, 1.54) is 0 Å². The van der Waals surface area contributed by atoms with Crippen LogP contribution in [0.5, 0.6) is 0 Å².